The van der Waals surface area contributed by atoms with E-state index < -0.39 is 5.97 Å². The number of hydrogen-bond donors (Lipinski definition) is 1. The maximum Gasteiger partial charge on any atom is 0.352 e. The van der Waals surface area contributed by atoms with Gasteiger partial charge in [-0.25, -0.2) is 4.79 Å². The van der Waals surface area contributed by atoms with Crippen molar-refractivity contribution in [1.82, 2.24) is 4.57 Å². The van der Waals surface area contributed by atoms with Crippen molar-refractivity contribution in [3.05, 3.63) is 45.5 Å². The van der Waals surface area contributed by atoms with E-state index in [2.05, 4.69) is 15.9 Å². The highest BCUT2D eigenvalue weighted by Gasteiger charge is 2.18. The average molecular weight is 343 g/mol. The van der Waals surface area contributed by atoms with E-state index in [1.165, 1.54) is 0 Å². The number of halogens is 2. The van der Waals surface area contributed by atoms with Crippen LogP contribution in [0.1, 0.15) is 30.4 Å². The Balaban J connectivity index is 2.69. The van der Waals surface area contributed by atoms with Gasteiger partial charge < -0.3 is 9.67 Å². The Morgan fingerprint density at radius 2 is 2.00 bits per heavy atom. The number of hydrogen-bond acceptors (Lipinski definition) is 1. The molecule has 0 aliphatic heterocycles. The van der Waals surface area contributed by atoms with Crippen molar-refractivity contribution in [3.63, 3.8) is 0 Å². The summed E-state index contributed by atoms with van der Waals surface area (Å²) in [6, 6.07) is 8.93. The van der Waals surface area contributed by atoms with Gasteiger partial charge in [0.2, 0.25) is 0 Å². The van der Waals surface area contributed by atoms with E-state index in [0.717, 1.165) is 15.7 Å². The number of carboxylic acid groups (broad SMARTS) is 1. The van der Waals surface area contributed by atoms with Crippen molar-refractivity contribution < 1.29 is 9.90 Å². The van der Waals surface area contributed by atoms with Crippen LogP contribution in [0, 0.1) is 0 Å². The highest BCUT2D eigenvalue weighted by atomic mass is 79.9. The van der Waals surface area contributed by atoms with Gasteiger partial charge in [-0.05, 0) is 44.2 Å². The number of aromatic nitrogens is 1. The van der Waals surface area contributed by atoms with E-state index in [9.17, 15) is 9.90 Å². The van der Waals surface area contributed by atoms with Gasteiger partial charge >= 0.3 is 5.97 Å². The van der Waals surface area contributed by atoms with Crippen LogP contribution in [0.15, 0.2) is 34.8 Å². The molecule has 0 aliphatic rings. The van der Waals surface area contributed by atoms with Crippen molar-refractivity contribution in [2.75, 3.05) is 0 Å². The summed E-state index contributed by atoms with van der Waals surface area (Å²) in [5, 5.41) is 9.86. The Hall–Kier alpha value is -1.26. The first kappa shape index (κ1) is 14.2. The number of carboxylic acids is 1. The topological polar surface area (TPSA) is 42.2 Å². The van der Waals surface area contributed by atoms with Gasteiger partial charge in [-0.3, -0.25) is 0 Å². The van der Waals surface area contributed by atoms with Gasteiger partial charge in [0.1, 0.15) is 5.69 Å². The minimum Gasteiger partial charge on any atom is -0.477 e. The summed E-state index contributed by atoms with van der Waals surface area (Å²) in [6.45, 7) is 3.91. The molecule has 0 aliphatic carbocycles. The Morgan fingerprint density at radius 1 is 1.32 bits per heavy atom. The molecule has 0 fully saturated rings. The highest BCUT2D eigenvalue weighted by Crippen LogP contribution is 2.34. The van der Waals surface area contributed by atoms with E-state index in [1.54, 1.807) is 22.8 Å². The molecule has 1 aromatic heterocycles. The molecular weight excluding hydrogens is 330 g/mol. The number of carbonyl (C=O) groups is 1. The normalized spacial score (nSPS) is 11.0. The highest BCUT2D eigenvalue weighted by molar-refractivity contribution is 9.10. The first-order valence-electron chi connectivity index (χ1n) is 5.81. The largest absolute Gasteiger partial charge is 0.477 e. The first-order valence-corrected chi connectivity index (χ1v) is 6.99. The van der Waals surface area contributed by atoms with Gasteiger partial charge in [-0.15, -0.1) is 0 Å². The van der Waals surface area contributed by atoms with E-state index in [4.69, 9.17) is 11.6 Å². The molecule has 0 spiro atoms. The van der Waals surface area contributed by atoms with Crippen LogP contribution in [0.4, 0.5) is 0 Å². The van der Waals surface area contributed by atoms with Crippen molar-refractivity contribution in [3.8, 4) is 11.3 Å². The minimum absolute atomic E-state index is 0.0435. The minimum atomic E-state index is -0.932. The first-order chi connectivity index (χ1) is 8.91. The molecule has 100 valence electrons. The molecule has 2 rings (SSSR count). The summed E-state index contributed by atoms with van der Waals surface area (Å²) in [4.78, 5) is 11.3. The summed E-state index contributed by atoms with van der Waals surface area (Å²) >= 11 is 9.50. The van der Waals surface area contributed by atoms with Gasteiger partial charge in [0.05, 0.1) is 5.69 Å². The maximum atomic E-state index is 11.3. The molecule has 1 N–H and O–H groups in total. The van der Waals surface area contributed by atoms with Gasteiger partial charge in [0.15, 0.2) is 0 Å². The predicted molar refractivity (Wildman–Crippen MR) is 79.9 cm³/mol. The number of nitrogens with zero attached hydrogens (tertiary/aromatic N) is 1. The van der Waals surface area contributed by atoms with Gasteiger partial charge in [0, 0.05) is 21.1 Å². The molecular formula is C14H13BrClNO2. The Kier molecular flexibility index (Phi) is 4.02. The fraction of sp³-hybridized carbons (Fsp3) is 0.214. The van der Waals surface area contributed by atoms with Crippen LogP contribution in [-0.2, 0) is 0 Å². The zero-order valence-electron chi connectivity index (χ0n) is 10.5. The lowest BCUT2D eigenvalue weighted by molar-refractivity contribution is 0.0683. The molecule has 3 nitrogen and oxygen atoms in total. The Morgan fingerprint density at radius 3 is 2.58 bits per heavy atom. The third-order valence-electron chi connectivity index (χ3n) is 2.86. The van der Waals surface area contributed by atoms with Gasteiger partial charge in [-0.2, -0.15) is 0 Å². The van der Waals surface area contributed by atoms with E-state index in [0.29, 0.717) is 5.02 Å². The molecule has 0 saturated heterocycles. The molecule has 0 saturated carbocycles. The second kappa shape index (κ2) is 5.39. The lowest BCUT2D eigenvalue weighted by Gasteiger charge is -2.16. The zero-order chi connectivity index (χ0) is 14.2. The lowest BCUT2D eigenvalue weighted by atomic mass is 10.1. The Labute approximate surface area is 124 Å². The number of rotatable bonds is 3. The van der Waals surface area contributed by atoms with Crippen molar-refractivity contribution in [1.29, 1.82) is 0 Å². The Bertz CT molecular complexity index is 634. The zero-order valence-corrected chi connectivity index (χ0v) is 12.9. The molecule has 0 unspecified atom stereocenters. The predicted octanol–water partition coefficient (Wildman–Crippen LogP) is 4.85. The third kappa shape index (κ3) is 2.69. The summed E-state index contributed by atoms with van der Waals surface area (Å²) in [7, 11) is 0. The fourth-order valence-corrected chi connectivity index (χ4v) is 2.71. The number of aromatic carboxylic acids is 1. The SMILES string of the molecule is CC(C)n1c(C(=O)O)ccc1-c1cc(Cl)ccc1Br. The smallest absolute Gasteiger partial charge is 0.352 e. The van der Waals surface area contributed by atoms with Gasteiger partial charge in [-0.1, -0.05) is 27.5 Å². The van der Waals surface area contributed by atoms with Crippen molar-refractivity contribution >= 4 is 33.5 Å². The van der Waals surface area contributed by atoms with Gasteiger partial charge in [0.25, 0.3) is 0 Å². The summed E-state index contributed by atoms with van der Waals surface area (Å²) in [5.41, 5.74) is 1.99. The summed E-state index contributed by atoms with van der Waals surface area (Å²) < 4.78 is 2.67. The van der Waals surface area contributed by atoms with Crippen LogP contribution in [0.25, 0.3) is 11.3 Å². The molecule has 0 radical (unpaired) electrons. The molecule has 19 heavy (non-hydrogen) atoms. The quantitative estimate of drug-likeness (QED) is 0.866. The molecule has 1 heterocycles. The van der Waals surface area contributed by atoms with Crippen LogP contribution >= 0.6 is 27.5 Å². The summed E-state index contributed by atoms with van der Waals surface area (Å²) in [5.74, 6) is -0.932. The second-order valence-electron chi connectivity index (χ2n) is 4.50. The van der Waals surface area contributed by atoms with Crippen LogP contribution in [0.2, 0.25) is 5.02 Å². The van der Waals surface area contributed by atoms with Crippen LogP contribution in [0.5, 0.6) is 0 Å². The van der Waals surface area contributed by atoms with Crippen molar-refractivity contribution in [2.45, 2.75) is 19.9 Å². The third-order valence-corrected chi connectivity index (χ3v) is 3.78. The van der Waals surface area contributed by atoms with E-state index in [-0.39, 0.29) is 11.7 Å². The number of benzene rings is 1. The molecule has 0 atom stereocenters. The maximum absolute atomic E-state index is 11.3. The average Bonchev–Trinajstić information content (AvgIpc) is 2.76. The van der Waals surface area contributed by atoms with E-state index in [1.807, 2.05) is 26.0 Å². The fourth-order valence-electron chi connectivity index (χ4n) is 2.09. The monoisotopic (exact) mass is 341 g/mol. The summed E-state index contributed by atoms with van der Waals surface area (Å²) in [6.07, 6.45) is 0. The molecule has 0 amide bonds. The molecule has 5 heteroatoms. The molecule has 1 aromatic carbocycles. The molecule has 0 bridgehead atoms. The second-order valence-corrected chi connectivity index (χ2v) is 5.79. The standard InChI is InChI=1S/C14H13BrClNO2/c1-8(2)17-12(5-6-13(17)14(18)19)10-7-9(16)3-4-11(10)15/h3-8H,1-2H3,(H,18,19). The van der Waals surface area contributed by atoms with Crippen molar-refractivity contribution in [2.24, 2.45) is 0 Å². The van der Waals surface area contributed by atoms with Crippen LogP contribution < -0.4 is 0 Å². The molecule has 2 aromatic rings. The van der Waals surface area contributed by atoms with Crippen LogP contribution in [-0.4, -0.2) is 15.6 Å². The van der Waals surface area contributed by atoms with Crippen LogP contribution in [0.3, 0.4) is 0 Å². The van der Waals surface area contributed by atoms with E-state index >= 15 is 0 Å². The lowest BCUT2D eigenvalue weighted by Crippen LogP contribution is -2.11.